The van der Waals surface area contributed by atoms with Gasteiger partial charge in [-0.3, -0.25) is 14.3 Å². The van der Waals surface area contributed by atoms with E-state index in [1.165, 1.54) is 17.7 Å². The number of aromatic hydroxyl groups is 1. The van der Waals surface area contributed by atoms with Gasteiger partial charge in [0, 0.05) is 18.2 Å². The van der Waals surface area contributed by atoms with Gasteiger partial charge in [0.1, 0.15) is 17.1 Å². The summed E-state index contributed by atoms with van der Waals surface area (Å²) in [6, 6.07) is 13.6. The van der Waals surface area contributed by atoms with E-state index in [1.807, 2.05) is 12.1 Å². The second kappa shape index (κ2) is 9.07. The highest BCUT2D eigenvalue weighted by Gasteiger charge is 2.14. The molecule has 33 heavy (non-hydrogen) atoms. The number of aromatic nitrogens is 3. The summed E-state index contributed by atoms with van der Waals surface area (Å²) in [4.78, 5) is 31.9. The molecule has 0 fully saturated rings. The molecule has 2 heterocycles. The predicted octanol–water partition coefficient (Wildman–Crippen LogP) is 2.73. The second-order valence-corrected chi connectivity index (χ2v) is 7.30. The standard InChI is InChI=1S/C24H23N3O6/c1-31-15-5-6-16(19(28)13-15)18-8-7-17-22(25-18)27(24(30)26-23(17)29)11-10-14-4-9-20(32-2)21(12-14)33-3/h4-9,12-13,28H,10-11H2,1-3H3,(H,26,29,30). The number of H-pyrrole nitrogens is 1. The lowest BCUT2D eigenvalue weighted by atomic mass is 10.1. The Kier molecular flexibility index (Phi) is 6.03. The van der Waals surface area contributed by atoms with Crippen molar-refractivity contribution >= 4 is 11.0 Å². The van der Waals surface area contributed by atoms with E-state index in [-0.39, 0.29) is 23.3 Å². The van der Waals surface area contributed by atoms with Crippen LogP contribution in [0.3, 0.4) is 0 Å². The number of phenols is 1. The highest BCUT2D eigenvalue weighted by Crippen LogP contribution is 2.32. The number of fused-ring (bicyclic) bond motifs is 1. The van der Waals surface area contributed by atoms with E-state index in [9.17, 15) is 14.7 Å². The summed E-state index contributed by atoms with van der Waals surface area (Å²) < 4.78 is 17.1. The molecule has 0 aliphatic carbocycles. The van der Waals surface area contributed by atoms with Crippen molar-refractivity contribution in [1.29, 1.82) is 0 Å². The first-order valence-electron chi connectivity index (χ1n) is 10.2. The zero-order valence-electron chi connectivity index (χ0n) is 18.4. The van der Waals surface area contributed by atoms with Gasteiger partial charge in [-0.15, -0.1) is 0 Å². The Hall–Kier alpha value is -4.27. The molecule has 0 spiro atoms. The molecule has 0 aliphatic heterocycles. The molecular formula is C24H23N3O6. The molecule has 0 saturated heterocycles. The molecule has 4 rings (SSSR count). The van der Waals surface area contributed by atoms with Crippen LogP contribution in [0.1, 0.15) is 5.56 Å². The van der Waals surface area contributed by atoms with Crippen LogP contribution in [-0.4, -0.2) is 41.0 Å². The summed E-state index contributed by atoms with van der Waals surface area (Å²) in [6.07, 6.45) is 0.487. The number of hydrogen-bond acceptors (Lipinski definition) is 7. The monoisotopic (exact) mass is 449 g/mol. The largest absolute Gasteiger partial charge is 0.507 e. The zero-order chi connectivity index (χ0) is 23.5. The molecule has 9 nitrogen and oxygen atoms in total. The van der Waals surface area contributed by atoms with Gasteiger partial charge in [-0.05, 0) is 48.4 Å². The van der Waals surface area contributed by atoms with E-state index < -0.39 is 11.2 Å². The van der Waals surface area contributed by atoms with Gasteiger partial charge < -0.3 is 19.3 Å². The Bertz CT molecular complexity index is 1440. The Morgan fingerprint density at radius 1 is 0.939 bits per heavy atom. The number of methoxy groups -OCH3 is 3. The van der Waals surface area contributed by atoms with Crippen molar-refractivity contribution in [2.24, 2.45) is 0 Å². The maximum atomic E-state index is 12.7. The summed E-state index contributed by atoms with van der Waals surface area (Å²) in [5, 5.41) is 10.7. The Morgan fingerprint density at radius 2 is 1.73 bits per heavy atom. The van der Waals surface area contributed by atoms with E-state index >= 15 is 0 Å². The van der Waals surface area contributed by atoms with Gasteiger partial charge in [-0.2, -0.15) is 0 Å². The number of aromatic amines is 1. The van der Waals surface area contributed by atoms with Gasteiger partial charge in [0.2, 0.25) is 0 Å². The Labute approximate surface area is 188 Å². The van der Waals surface area contributed by atoms with Gasteiger partial charge >= 0.3 is 5.69 Å². The maximum Gasteiger partial charge on any atom is 0.330 e. The van der Waals surface area contributed by atoms with Crippen molar-refractivity contribution in [2.75, 3.05) is 21.3 Å². The van der Waals surface area contributed by atoms with Crippen molar-refractivity contribution in [2.45, 2.75) is 13.0 Å². The third-order valence-electron chi connectivity index (χ3n) is 5.39. The van der Waals surface area contributed by atoms with E-state index in [0.29, 0.717) is 34.9 Å². The Balaban J connectivity index is 1.76. The minimum Gasteiger partial charge on any atom is -0.507 e. The number of nitrogens with one attached hydrogen (secondary N) is 1. The number of nitrogens with zero attached hydrogens (tertiary/aromatic N) is 2. The normalized spacial score (nSPS) is 10.9. The maximum absolute atomic E-state index is 12.7. The SMILES string of the molecule is COc1ccc(-c2ccc3c(=O)[nH]c(=O)n(CCc4ccc(OC)c(OC)c4)c3n2)c(O)c1. The van der Waals surface area contributed by atoms with Crippen molar-refractivity contribution in [3.05, 3.63) is 74.9 Å². The predicted molar refractivity (Wildman–Crippen MR) is 124 cm³/mol. The van der Waals surface area contributed by atoms with Crippen LogP contribution in [0.4, 0.5) is 0 Å². The summed E-state index contributed by atoms with van der Waals surface area (Å²) in [7, 11) is 4.63. The third-order valence-corrected chi connectivity index (χ3v) is 5.39. The summed E-state index contributed by atoms with van der Waals surface area (Å²) >= 11 is 0. The molecule has 0 unspecified atom stereocenters. The van der Waals surface area contributed by atoms with Crippen LogP contribution in [0.25, 0.3) is 22.3 Å². The van der Waals surface area contributed by atoms with Crippen molar-refractivity contribution < 1.29 is 19.3 Å². The molecule has 170 valence electrons. The fraction of sp³-hybridized carbons (Fsp3) is 0.208. The topological polar surface area (TPSA) is 116 Å². The number of phenolic OH excluding ortho intramolecular Hbond substituents is 1. The number of rotatable bonds is 7. The van der Waals surface area contributed by atoms with Crippen molar-refractivity contribution in [3.63, 3.8) is 0 Å². The molecular weight excluding hydrogens is 426 g/mol. The average molecular weight is 449 g/mol. The van der Waals surface area contributed by atoms with Crippen LogP contribution in [0.2, 0.25) is 0 Å². The van der Waals surface area contributed by atoms with E-state index in [0.717, 1.165) is 5.56 Å². The molecule has 0 radical (unpaired) electrons. The fourth-order valence-corrected chi connectivity index (χ4v) is 3.65. The number of ether oxygens (including phenoxy) is 3. The molecule has 0 aliphatic rings. The average Bonchev–Trinajstić information content (AvgIpc) is 2.83. The molecule has 0 saturated carbocycles. The number of benzene rings is 2. The lowest BCUT2D eigenvalue weighted by Crippen LogP contribution is -2.31. The quantitative estimate of drug-likeness (QED) is 0.446. The number of pyridine rings is 1. The summed E-state index contributed by atoms with van der Waals surface area (Å²) in [6.45, 7) is 0.270. The molecule has 9 heteroatoms. The smallest absolute Gasteiger partial charge is 0.330 e. The van der Waals surface area contributed by atoms with E-state index in [4.69, 9.17) is 14.2 Å². The third kappa shape index (κ3) is 4.25. The first-order valence-corrected chi connectivity index (χ1v) is 10.2. The van der Waals surface area contributed by atoms with Gasteiger partial charge in [0.25, 0.3) is 5.56 Å². The van der Waals surface area contributed by atoms with Crippen LogP contribution in [-0.2, 0) is 13.0 Å². The first kappa shape index (κ1) is 21.9. The lowest BCUT2D eigenvalue weighted by Gasteiger charge is -2.12. The van der Waals surface area contributed by atoms with Crippen molar-refractivity contribution in [1.82, 2.24) is 14.5 Å². The van der Waals surface area contributed by atoms with Gasteiger partial charge in [-0.25, -0.2) is 9.78 Å². The van der Waals surface area contributed by atoms with Crippen LogP contribution < -0.4 is 25.5 Å². The first-order chi connectivity index (χ1) is 15.9. The van der Waals surface area contributed by atoms with Crippen LogP contribution in [0.5, 0.6) is 23.0 Å². The van der Waals surface area contributed by atoms with Crippen LogP contribution in [0, 0.1) is 0 Å². The van der Waals surface area contributed by atoms with Gasteiger partial charge in [-0.1, -0.05) is 6.07 Å². The minimum atomic E-state index is -0.559. The number of hydrogen-bond donors (Lipinski definition) is 2. The molecule has 2 aromatic carbocycles. The molecule has 0 bridgehead atoms. The highest BCUT2D eigenvalue weighted by atomic mass is 16.5. The summed E-state index contributed by atoms with van der Waals surface area (Å²) in [5.41, 5.74) is 0.955. The zero-order valence-corrected chi connectivity index (χ0v) is 18.4. The summed E-state index contributed by atoms with van der Waals surface area (Å²) in [5.74, 6) is 1.67. The number of aryl methyl sites for hydroxylation is 2. The molecule has 0 atom stereocenters. The van der Waals surface area contributed by atoms with Crippen molar-refractivity contribution in [3.8, 4) is 34.3 Å². The lowest BCUT2D eigenvalue weighted by molar-refractivity contribution is 0.354. The van der Waals surface area contributed by atoms with E-state index in [1.54, 1.807) is 44.6 Å². The molecule has 0 amide bonds. The van der Waals surface area contributed by atoms with Crippen LogP contribution in [0.15, 0.2) is 58.1 Å². The minimum absolute atomic E-state index is 0.0229. The van der Waals surface area contributed by atoms with Crippen LogP contribution >= 0.6 is 0 Å². The van der Waals surface area contributed by atoms with Gasteiger partial charge in [0.05, 0.1) is 32.4 Å². The molecule has 2 N–H and O–H groups in total. The van der Waals surface area contributed by atoms with E-state index in [2.05, 4.69) is 9.97 Å². The van der Waals surface area contributed by atoms with Gasteiger partial charge in [0.15, 0.2) is 11.5 Å². The highest BCUT2D eigenvalue weighted by molar-refractivity contribution is 5.79. The Morgan fingerprint density at radius 3 is 2.42 bits per heavy atom. The molecule has 2 aromatic heterocycles. The molecule has 4 aromatic rings. The fourth-order valence-electron chi connectivity index (χ4n) is 3.65. The second-order valence-electron chi connectivity index (χ2n) is 7.30.